The molecule has 0 aromatic carbocycles. The number of carbonyl (C=O) groups is 2. The van der Waals surface area contributed by atoms with Gasteiger partial charge in [-0.05, 0) is 68.8 Å². The van der Waals surface area contributed by atoms with Gasteiger partial charge >= 0.3 is 6.09 Å². The Bertz CT molecular complexity index is 522. The molecule has 0 spiro atoms. The summed E-state index contributed by atoms with van der Waals surface area (Å²) in [5.74, 6) is 0.0475. The van der Waals surface area contributed by atoms with Gasteiger partial charge in [0.15, 0.2) is 0 Å². The fourth-order valence-electron chi connectivity index (χ4n) is 2.78. The number of thiophene rings is 1. The molecule has 2 rings (SSSR count). The highest BCUT2D eigenvalue weighted by Crippen LogP contribution is 2.19. The maximum atomic E-state index is 12.1. The van der Waals surface area contributed by atoms with Gasteiger partial charge in [0.25, 0.3) is 0 Å². The van der Waals surface area contributed by atoms with E-state index in [1.54, 1.807) is 11.3 Å². The van der Waals surface area contributed by atoms with Crippen LogP contribution in [0.15, 0.2) is 16.8 Å². The summed E-state index contributed by atoms with van der Waals surface area (Å²) in [6.07, 6.45) is 3.67. The monoisotopic (exact) mass is 338 g/mol. The van der Waals surface area contributed by atoms with Crippen LogP contribution in [-0.4, -0.2) is 29.7 Å². The molecular formula is C17H26N2O3S. The van der Waals surface area contributed by atoms with Gasteiger partial charge in [-0.1, -0.05) is 0 Å². The van der Waals surface area contributed by atoms with E-state index in [4.69, 9.17) is 4.74 Å². The van der Waals surface area contributed by atoms with Crippen LogP contribution < -0.4 is 10.6 Å². The van der Waals surface area contributed by atoms with Crippen LogP contribution in [0.4, 0.5) is 4.79 Å². The smallest absolute Gasteiger partial charge is 0.407 e. The van der Waals surface area contributed by atoms with Crippen molar-refractivity contribution in [2.75, 3.05) is 0 Å². The molecule has 6 heteroatoms. The summed E-state index contributed by atoms with van der Waals surface area (Å²) in [7, 11) is 0. The molecule has 0 bridgehead atoms. The molecule has 0 aliphatic heterocycles. The van der Waals surface area contributed by atoms with Crippen LogP contribution >= 0.6 is 11.3 Å². The SMILES string of the molecule is CC(C)(C)OC(=O)N[C@@H]1CCC[C@H](NC(=O)Cc2ccsc2)C1. The van der Waals surface area contributed by atoms with E-state index in [0.29, 0.717) is 6.42 Å². The van der Waals surface area contributed by atoms with Crippen molar-refractivity contribution < 1.29 is 14.3 Å². The number of carbonyl (C=O) groups excluding carboxylic acids is 2. The predicted octanol–water partition coefficient (Wildman–Crippen LogP) is 3.24. The average Bonchev–Trinajstić information content (AvgIpc) is 2.89. The van der Waals surface area contributed by atoms with Crippen molar-refractivity contribution in [3.8, 4) is 0 Å². The van der Waals surface area contributed by atoms with E-state index in [0.717, 1.165) is 31.2 Å². The number of rotatable bonds is 4. The zero-order valence-corrected chi connectivity index (χ0v) is 14.9. The van der Waals surface area contributed by atoms with Crippen molar-refractivity contribution in [1.29, 1.82) is 0 Å². The zero-order chi connectivity index (χ0) is 16.9. The highest BCUT2D eigenvalue weighted by atomic mass is 32.1. The minimum Gasteiger partial charge on any atom is -0.444 e. The van der Waals surface area contributed by atoms with Gasteiger partial charge in [0.2, 0.25) is 5.91 Å². The molecule has 1 heterocycles. The number of hydrogen-bond acceptors (Lipinski definition) is 4. The van der Waals surface area contributed by atoms with Crippen LogP contribution in [0.5, 0.6) is 0 Å². The summed E-state index contributed by atoms with van der Waals surface area (Å²) in [5.41, 5.74) is 0.555. The van der Waals surface area contributed by atoms with Crippen LogP contribution in [0.25, 0.3) is 0 Å². The summed E-state index contributed by atoms with van der Waals surface area (Å²) in [6.45, 7) is 5.54. The molecule has 0 unspecified atom stereocenters. The lowest BCUT2D eigenvalue weighted by Gasteiger charge is -2.31. The fourth-order valence-corrected chi connectivity index (χ4v) is 3.45. The van der Waals surface area contributed by atoms with Crippen molar-refractivity contribution in [2.45, 2.75) is 70.6 Å². The highest BCUT2D eigenvalue weighted by Gasteiger charge is 2.26. The lowest BCUT2D eigenvalue weighted by atomic mass is 9.91. The molecule has 2 amide bonds. The predicted molar refractivity (Wildman–Crippen MR) is 91.6 cm³/mol. The van der Waals surface area contributed by atoms with Gasteiger partial charge in [-0.15, -0.1) is 0 Å². The molecule has 1 aliphatic carbocycles. The third-order valence-corrected chi connectivity index (χ3v) is 4.44. The first-order valence-electron chi connectivity index (χ1n) is 8.12. The second kappa shape index (κ2) is 7.81. The second-order valence-corrected chi connectivity index (χ2v) is 7.86. The van der Waals surface area contributed by atoms with E-state index < -0.39 is 5.60 Å². The van der Waals surface area contributed by atoms with E-state index in [9.17, 15) is 9.59 Å². The maximum Gasteiger partial charge on any atom is 0.407 e. The van der Waals surface area contributed by atoms with Crippen molar-refractivity contribution >= 4 is 23.3 Å². The molecule has 23 heavy (non-hydrogen) atoms. The van der Waals surface area contributed by atoms with Gasteiger partial charge in [0.05, 0.1) is 6.42 Å². The maximum absolute atomic E-state index is 12.1. The Kier molecular flexibility index (Phi) is 6.04. The number of nitrogens with one attached hydrogen (secondary N) is 2. The minimum absolute atomic E-state index is 0.0475. The Hall–Kier alpha value is -1.56. The molecule has 1 saturated carbocycles. The summed E-state index contributed by atoms with van der Waals surface area (Å²) in [4.78, 5) is 23.9. The van der Waals surface area contributed by atoms with Crippen LogP contribution in [0.2, 0.25) is 0 Å². The molecule has 2 N–H and O–H groups in total. The first-order chi connectivity index (χ1) is 10.8. The molecule has 0 saturated heterocycles. The first-order valence-corrected chi connectivity index (χ1v) is 9.06. The van der Waals surface area contributed by atoms with Gasteiger partial charge in [-0.2, -0.15) is 11.3 Å². The minimum atomic E-state index is -0.493. The van der Waals surface area contributed by atoms with E-state index in [1.807, 2.05) is 37.6 Å². The number of alkyl carbamates (subject to hydrolysis) is 1. The summed E-state index contributed by atoms with van der Waals surface area (Å²) in [5, 5.41) is 9.97. The fraction of sp³-hybridized carbons (Fsp3) is 0.647. The lowest BCUT2D eigenvalue weighted by molar-refractivity contribution is -0.121. The quantitative estimate of drug-likeness (QED) is 0.885. The topological polar surface area (TPSA) is 67.4 Å². The Morgan fingerprint density at radius 1 is 1.26 bits per heavy atom. The number of hydrogen-bond donors (Lipinski definition) is 2. The summed E-state index contributed by atoms with van der Waals surface area (Å²) >= 11 is 1.60. The van der Waals surface area contributed by atoms with E-state index in [-0.39, 0.29) is 24.1 Å². The lowest BCUT2D eigenvalue weighted by Crippen LogP contribution is -2.47. The highest BCUT2D eigenvalue weighted by molar-refractivity contribution is 7.07. The molecule has 0 radical (unpaired) electrons. The van der Waals surface area contributed by atoms with Gasteiger partial charge in [-0.3, -0.25) is 4.79 Å². The van der Waals surface area contributed by atoms with Crippen LogP contribution in [0.1, 0.15) is 52.0 Å². The second-order valence-electron chi connectivity index (χ2n) is 7.08. The molecule has 128 valence electrons. The van der Waals surface area contributed by atoms with E-state index >= 15 is 0 Å². The molecule has 1 aliphatic rings. The van der Waals surface area contributed by atoms with E-state index in [1.165, 1.54) is 0 Å². The van der Waals surface area contributed by atoms with Gasteiger partial charge in [0.1, 0.15) is 5.60 Å². The Morgan fingerprint density at radius 2 is 1.96 bits per heavy atom. The number of ether oxygens (including phenoxy) is 1. The summed E-state index contributed by atoms with van der Waals surface area (Å²) in [6, 6.07) is 2.15. The molecule has 1 fully saturated rings. The largest absolute Gasteiger partial charge is 0.444 e. The van der Waals surface area contributed by atoms with E-state index in [2.05, 4.69) is 10.6 Å². The van der Waals surface area contributed by atoms with Gasteiger partial charge in [0, 0.05) is 12.1 Å². The molecule has 1 aromatic rings. The van der Waals surface area contributed by atoms with Crippen LogP contribution in [0, 0.1) is 0 Å². The Morgan fingerprint density at radius 3 is 2.57 bits per heavy atom. The average molecular weight is 338 g/mol. The normalized spacial score (nSPS) is 21.5. The van der Waals surface area contributed by atoms with Crippen molar-refractivity contribution in [2.24, 2.45) is 0 Å². The van der Waals surface area contributed by atoms with Crippen molar-refractivity contribution in [1.82, 2.24) is 10.6 Å². The molecule has 5 nitrogen and oxygen atoms in total. The van der Waals surface area contributed by atoms with Crippen molar-refractivity contribution in [3.05, 3.63) is 22.4 Å². The molecule has 2 atom stereocenters. The first kappa shape index (κ1) is 17.8. The van der Waals surface area contributed by atoms with Gasteiger partial charge < -0.3 is 15.4 Å². The third kappa shape index (κ3) is 6.60. The van der Waals surface area contributed by atoms with Crippen molar-refractivity contribution in [3.63, 3.8) is 0 Å². The van der Waals surface area contributed by atoms with Crippen LogP contribution in [0.3, 0.4) is 0 Å². The Balaban J connectivity index is 1.76. The standard InChI is InChI=1S/C17H26N2O3S/c1-17(2,3)22-16(21)19-14-6-4-5-13(10-14)18-15(20)9-12-7-8-23-11-12/h7-8,11,13-14H,4-6,9-10H2,1-3H3,(H,18,20)(H,19,21)/t13-,14+/m0/s1. The van der Waals surface area contributed by atoms with Crippen LogP contribution in [-0.2, 0) is 16.0 Å². The third-order valence-electron chi connectivity index (χ3n) is 3.70. The molecular weight excluding hydrogens is 312 g/mol. The van der Waals surface area contributed by atoms with Gasteiger partial charge in [-0.25, -0.2) is 4.79 Å². The summed E-state index contributed by atoms with van der Waals surface area (Å²) < 4.78 is 5.29. The number of amides is 2. The Labute approximate surface area is 141 Å². The zero-order valence-electron chi connectivity index (χ0n) is 14.1. The molecule has 1 aromatic heterocycles.